The summed E-state index contributed by atoms with van der Waals surface area (Å²) in [7, 11) is 0. The molecule has 0 spiro atoms. The molecule has 1 saturated heterocycles. The summed E-state index contributed by atoms with van der Waals surface area (Å²) in [6.45, 7) is 1.87. The van der Waals surface area contributed by atoms with Gasteiger partial charge in [0, 0.05) is 65.6 Å². The van der Waals surface area contributed by atoms with Crippen molar-refractivity contribution in [3.8, 4) is 5.75 Å². The van der Waals surface area contributed by atoms with Crippen LogP contribution in [0.5, 0.6) is 5.75 Å². The van der Waals surface area contributed by atoms with Crippen molar-refractivity contribution >= 4 is 16.6 Å². The molecule has 0 unspecified atom stereocenters. The fourth-order valence-corrected chi connectivity index (χ4v) is 6.03. The van der Waals surface area contributed by atoms with Crippen LogP contribution in [0.2, 0.25) is 0 Å². The van der Waals surface area contributed by atoms with E-state index in [0.29, 0.717) is 42.8 Å². The van der Waals surface area contributed by atoms with E-state index < -0.39 is 43.6 Å². The lowest BCUT2D eigenvalue weighted by atomic mass is 9.88. The van der Waals surface area contributed by atoms with E-state index in [1.165, 1.54) is 17.0 Å². The number of anilines is 1. The Morgan fingerprint density at radius 1 is 1.07 bits per heavy atom. The number of rotatable bonds is 8. The topological polar surface area (TPSA) is 43.5 Å². The Balaban J connectivity index is 1.55. The zero-order valence-corrected chi connectivity index (χ0v) is 21.9. The van der Waals surface area contributed by atoms with Gasteiger partial charge in [-0.25, -0.2) is 0 Å². The minimum atomic E-state index is -5.05. The van der Waals surface area contributed by atoms with Crippen molar-refractivity contribution in [2.75, 3.05) is 38.2 Å². The van der Waals surface area contributed by atoms with Gasteiger partial charge in [-0.05, 0) is 43.9 Å². The molecule has 5 rings (SSSR count). The number of para-hydroxylation sites is 1. The third kappa shape index (κ3) is 6.33. The molecule has 2 aliphatic heterocycles. The van der Waals surface area contributed by atoms with Crippen LogP contribution in [0.15, 0.2) is 42.5 Å². The molecule has 1 aromatic heterocycles. The highest BCUT2D eigenvalue weighted by Gasteiger charge is 2.44. The molecule has 1 fully saturated rings. The predicted molar refractivity (Wildman–Crippen MR) is 138 cm³/mol. The van der Waals surface area contributed by atoms with Crippen molar-refractivity contribution in [1.29, 1.82) is 0 Å². The minimum absolute atomic E-state index is 0.0116. The fraction of sp³-hybridized carbons (Fsp3) is 0.500. The van der Waals surface area contributed by atoms with Crippen LogP contribution in [0.4, 0.5) is 36.4 Å². The Labute approximate surface area is 227 Å². The number of aromatic nitrogens is 1. The number of likely N-dealkylation sites (tertiary alicyclic amines) is 1. The molecule has 0 saturated carbocycles. The monoisotopic (exact) mass is 572 g/mol. The number of hydrogen-bond acceptors (Lipinski definition) is 4. The summed E-state index contributed by atoms with van der Waals surface area (Å²) >= 11 is 0. The quantitative estimate of drug-likeness (QED) is 0.291. The van der Waals surface area contributed by atoms with Crippen LogP contribution in [-0.4, -0.2) is 72.3 Å². The Morgan fingerprint density at radius 3 is 2.58 bits per heavy atom. The SMILES string of the molecule is C[C@@H]1Cc2c([nH]c3ccccc23)[C@@H](c2ccc(N[C@H]3CCN(CCCF)C3)cc2OC(F)(F)F)N1CC(F)(F)F. The van der Waals surface area contributed by atoms with Crippen molar-refractivity contribution in [1.82, 2.24) is 14.8 Å². The maximum atomic E-state index is 13.8. The van der Waals surface area contributed by atoms with Gasteiger partial charge in [0.2, 0.25) is 0 Å². The average Bonchev–Trinajstić information content (AvgIpc) is 3.46. The molecule has 12 heteroatoms. The standard InChI is InChI=1S/C28H31F7N4O/c1-17-13-22-20-5-2-3-6-23(20)37-25(22)26(39(17)16-27(30,31)32)21-8-7-18(14-24(21)40-28(33,34)35)36-19-9-12-38(15-19)11-4-10-29/h2-3,5-8,14,17,19,26,36-37H,4,9-13,15-16H2,1H3/t17-,19+,26-/m1/s1. The Bertz CT molecular complexity index is 1320. The van der Waals surface area contributed by atoms with E-state index >= 15 is 0 Å². The molecule has 218 valence electrons. The molecule has 3 heterocycles. The van der Waals surface area contributed by atoms with Crippen molar-refractivity contribution in [2.24, 2.45) is 0 Å². The predicted octanol–water partition coefficient (Wildman–Crippen LogP) is 6.81. The van der Waals surface area contributed by atoms with Crippen LogP contribution < -0.4 is 10.1 Å². The minimum Gasteiger partial charge on any atom is -0.405 e. The lowest BCUT2D eigenvalue weighted by Crippen LogP contribution is -2.47. The van der Waals surface area contributed by atoms with Crippen LogP contribution in [0, 0.1) is 0 Å². The number of ether oxygens (including phenoxy) is 1. The lowest BCUT2D eigenvalue weighted by Gasteiger charge is -2.41. The molecule has 2 aliphatic rings. The van der Waals surface area contributed by atoms with Crippen LogP contribution >= 0.6 is 0 Å². The molecule has 0 aliphatic carbocycles. The van der Waals surface area contributed by atoms with Crippen molar-refractivity contribution in [3.63, 3.8) is 0 Å². The molecule has 5 nitrogen and oxygen atoms in total. The van der Waals surface area contributed by atoms with E-state index in [1.54, 1.807) is 25.1 Å². The molecular formula is C28H31F7N4O. The van der Waals surface area contributed by atoms with Gasteiger partial charge in [0.1, 0.15) is 5.75 Å². The highest BCUT2D eigenvalue weighted by molar-refractivity contribution is 5.85. The first kappa shape index (κ1) is 28.5. The first-order valence-electron chi connectivity index (χ1n) is 13.3. The number of benzene rings is 2. The Morgan fingerprint density at radius 2 is 1.85 bits per heavy atom. The summed E-state index contributed by atoms with van der Waals surface area (Å²) in [6, 6.07) is 9.63. The molecule has 40 heavy (non-hydrogen) atoms. The van der Waals surface area contributed by atoms with Gasteiger partial charge in [-0.15, -0.1) is 13.2 Å². The van der Waals surface area contributed by atoms with Crippen molar-refractivity contribution in [3.05, 3.63) is 59.3 Å². The van der Waals surface area contributed by atoms with E-state index in [2.05, 4.69) is 19.9 Å². The smallest absolute Gasteiger partial charge is 0.405 e. The Hall–Kier alpha value is -2.99. The summed E-state index contributed by atoms with van der Waals surface area (Å²) in [4.78, 5) is 6.45. The number of nitrogens with zero attached hydrogens (tertiary/aromatic N) is 2. The molecule has 3 aromatic rings. The summed E-state index contributed by atoms with van der Waals surface area (Å²) < 4.78 is 99.1. The fourth-order valence-electron chi connectivity index (χ4n) is 6.03. The Kier molecular flexibility index (Phi) is 7.93. The van der Waals surface area contributed by atoms with Gasteiger partial charge in [-0.1, -0.05) is 24.3 Å². The third-order valence-electron chi connectivity index (χ3n) is 7.66. The third-order valence-corrected chi connectivity index (χ3v) is 7.66. The highest BCUT2D eigenvalue weighted by Crippen LogP contribution is 2.46. The highest BCUT2D eigenvalue weighted by atomic mass is 19.4. The molecule has 2 N–H and O–H groups in total. The number of halogens is 7. The maximum Gasteiger partial charge on any atom is 0.573 e. The van der Waals surface area contributed by atoms with Crippen LogP contribution in [-0.2, 0) is 6.42 Å². The molecule has 2 aromatic carbocycles. The van der Waals surface area contributed by atoms with Gasteiger partial charge >= 0.3 is 12.5 Å². The zero-order chi connectivity index (χ0) is 28.7. The summed E-state index contributed by atoms with van der Waals surface area (Å²) in [6.07, 6.45) is -8.18. The van der Waals surface area contributed by atoms with Gasteiger partial charge in [-0.2, -0.15) is 13.2 Å². The second kappa shape index (κ2) is 11.1. The normalized spacial score (nSPS) is 22.6. The van der Waals surface area contributed by atoms with Crippen LogP contribution in [0.3, 0.4) is 0 Å². The molecule has 3 atom stereocenters. The second-order valence-corrected chi connectivity index (χ2v) is 10.6. The number of nitrogens with one attached hydrogen (secondary N) is 2. The zero-order valence-electron chi connectivity index (χ0n) is 21.9. The molecule has 0 bridgehead atoms. The second-order valence-electron chi connectivity index (χ2n) is 10.6. The number of hydrogen-bond donors (Lipinski definition) is 2. The van der Waals surface area contributed by atoms with Gasteiger partial charge in [-0.3, -0.25) is 9.29 Å². The van der Waals surface area contributed by atoms with Crippen molar-refractivity contribution in [2.45, 2.75) is 56.9 Å². The van der Waals surface area contributed by atoms with Gasteiger partial charge in [0.25, 0.3) is 0 Å². The largest absolute Gasteiger partial charge is 0.573 e. The van der Waals surface area contributed by atoms with Gasteiger partial charge < -0.3 is 19.9 Å². The van der Waals surface area contributed by atoms with E-state index in [4.69, 9.17) is 0 Å². The first-order valence-corrected chi connectivity index (χ1v) is 13.3. The molecule has 0 radical (unpaired) electrons. The van der Waals surface area contributed by atoms with Crippen molar-refractivity contribution < 1.29 is 35.5 Å². The number of fused-ring (bicyclic) bond motifs is 3. The van der Waals surface area contributed by atoms with Gasteiger partial charge in [0.15, 0.2) is 0 Å². The summed E-state index contributed by atoms with van der Waals surface area (Å²) in [5.41, 5.74) is 2.26. The number of H-pyrrole nitrogens is 1. The lowest BCUT2D eigenvalue weighted by molar-refractivity contribution is -0.275. The van der Waals surface area contributed by atoms with Crippen LogP contribution in [0.1, 0.15) is 42.6 Å². The van der Waals surface area contributed by atoms with Gasteiger partial charge in [0.05, 0.1) is 19.3 Å². The number of alkyl halides is 7. The summed E-state index contributed by atoms with van der Waals surface area (Å²) in [5, 5.41) is 4.05. The molecular weight excluding hydrogens is 541 g/mol. The van der Waals surface area contributed by atoms with E-state index in [9.17, 15) is 30.7 Å². The van der Waals surface area contributed by atoms with Crippen LogP contribution in [0.25, 0.3) is 10.9 Å². The van der Waals surface area contributed by atoms with E-state index in [0.717, 1.165) is 23.9 Å². The van der Waals surface area contributed by atoms with E-state index in [1.807, 2.05) is 12.1 Å². The maximum absolute atomic E-state index is 13.8. The molecule has 0 amide bonds. The van der Waals surface area contributed by atoms with E-state index in [-0.39, 0.29) is 11.6 Å². The summed E-state index contributed by atoms with van der Waals surface area (Å²) in [5.74, 6) is -0.555. The number of aromatic amines is 1. The average molecular weight is 573 g/mol. The first-order chi connectivity index (χ1) is 18.9.